The molecule has 0 heterocycles. The van der Waals surface area contributed by atoms with Crippen LogP contribution in [0.3, 0.4) is 0 Å². The highest BCUT2D eigenvalue weighted by Gasteiger charge is 2.53. The summed E-state index contributed by atoms with van der Waals surface area (Å²) in [5, 5.41) is 3.03. The molecule has 1 aliphatic carbocycles. The van der Waals surface area contributed by atoms with Crippen molar-refractivity contribution in [3.63, 3.8) is 0 Å². The van der Waals surface area contributed by atoms with Crippen LogP contribution in [0.5, 0.6) is 0 Å². The van der Waals surface area contributed by atoms with Gasteiger partial charge in [0.25, 0.3) is 0 Å². The summed E-state index contributed by atoms with van der Waals surface area (Å²) in [4.78, 5) is 13.2. The zero-order valence-electron chi connectivity index (χ0n) is 19.6. The standard InChI is InChI=1S/C27H38O2Si/c1-7-29-22-18-21(27(5,6)25(28)19-22)20-30(26(2,3)4,23-14-10-8-11-15-23)24-16-12-9-13-17-24/h8-17,21-22H,7,18-20H2,1-6H3/t21-,22-/m1/s1. The van der Waals surface area contributed by atoms with E-state index in [1.54, 1.807) is 0 Å². The lowest BCUT2D eigenvalue weighted by Crippen LogP contribution is -2.66. The van der Waals surface area contributed by atoms with Crippen LogP contribution >= 0.6 is 0 Å². The summed E-state index contributed by atoms with van der Waals surface area (Å²) in [6.45, 7) is 14.2. The first-order valence-corrected chi connectivity index (χ1v) is 13.6. The maximum atomic E-state index is 13.2. The van der Waals surface area contributed by atoms with Gasteiger partial charge in [-0.2, -0.15) is 0 Å². The van der Waals surface area contributed by atoms with Gasteiger partial charge in [0.1, 0.15) is 13.9 Å². The number of carbonyl (C=O) groups is 1. The SMILES string of the molecule is CCO[C@H]1CC(=O)C(C)(C)[C@@H](C[Si](c2ccccc2)(c2ccccc2)C(C)(C)C)C1. The molecule has 3 rings (SSSR count). The van der Waals surface area contributed by atoms with E-state index in [0.29, 0.717) is 24.7 Å². The van der Waals surface area contributed by atoms with E-state index < -0.39 is 8.07 Å². The summed E-state index contributed by atoms with van der Waals surface area (Å²) < 4.78 is 5.98. The number of rotatable bonds is 6. The lowest BCUT2D eigenvalue weighted by molar-refractivity contribution is -0.138. The van der Waals surface area contributed by atoms with Gasteiger partial charge >= 0.3 is 0 Å². The highest BCUT2D eigenvalue weighted by molar-refractivity contribution is 7.04. The predicted molar refractivity (Wildman–Crippen MR) is 129 cm³/mol. The van der Waals surface area contributed by atoms with Gasteiger partial charge in [-0.05, 0) is 30.3 Å². The maximum Gasteiger partial charge on any atom is 0.141 e. The summed E-state index contributed by atoms with van der Waals surface area (Å²) in [5.74, 6) is 0.664. The first-order chi connectivity index (χ1) is 14.1. The Bertz CT molecular complexity index is 797. The van der Waals surface area contributed by atoms with Crippen LogP contribution in [0.1, 0.15) is 54.4 Å². The summed E-state index contributed by atoms with van der Waals surface area (Å²) in [6.07, 6.45) is 1.58. The number of ketones is 1. The lowest BCUT2D eigenvalue weighted by Gasteiger charge is -2.50. The van der Waals surface area contributed by atoms with Crippen molar-refractivity contribution in [3.05, 3.63) is 60.7 Å². The molecule has 2 nitrogen and oxygen atoms in total. The Morgan fingerprint density at radius 1 is 0.967 bits per heavy atom. The van der Waals surface area contributed by atoms with Gasteiger partial charge in [0.2, 0.25) is 0 Å². The van der Waals surface area contributed by atoms with E-state index >= 15 is 0 Å². The van der Waals surface area contributed by atoms with Crippen molar-refractivity contribution >= 4 is 24.2 Å². The molecule has 0 N–H and O–H groups in total. The molecule has 2 aromatic carbocycles. The molecule has 1 aliphatic rings. The maximum absolute atomic E-state index is 13.2. The predicted octanol–water partition coefficient (Wildman–Crippen LogP) is 5.46. The molecule has 0 saturated heterocycles. The molecule has 0 spiro atoms. The van der Waals surface area contributed by atoms with Crippen molar-refractivity contribution < 1.29 is 9.53 Å². The van der Waals surface area contributed by atoms with E-state index in [1.165, 1.54) is 10.4 Å². The number of benzene rings is 2. The van der Waals surface area contributed by atoms with Gasteiger partial charge < -0.3 is 4.74 Å². The Balaban J connectivity index is 2.16. The summed E-state index contributed by atoms with van der Waals surface area (Å²) in [7, 11) is -2.22. The van der Waals surface area contributed by atoms with Gasteiger partial charge in [-0.25, -0.2) is 0 Å². The quantitative estimate of drug-likeness (QED) is 0.578. The van der Waals surface area contributed by atoms with Crippen LogP contribution in [0, 0.1) is 11.3 Å². The fourth-order valence-corrected chi connectivity index (χ4v) is 11.6. The summed E-state index contributed by atoms with van der Waals surface area (Å²) in [6, 6.07) is 23.3. The second-order valence-electron chi connectivity index (χ2n) is 10.5. The molecule has 2 aromatic rings. The van der Waals surface area contributed by atoms with Crippen LogP contribution < -0.4 is 10.4 Å². The monoisotopic (exact) mass is 422 g/mol. The molecule has 0 aliphatic heterocycles. The van der Waals surface area contributed by atoms with E-state index in [0.717, 1.165) is 12.5 Å². The average molecular weight is 423 g/mol. The van der Waals surface area contributed by atoms with Crippen LogP contribution in [-0.4, -0.2) is 26.6 Å². The van der Waals surface area contributed by atoms with Crippen LogP contribution in [-0.2, 0) is 9.53 Å². The number of hydrogen-bond acceptors (Lipinski definition) is 2. The largest absolute Gasteiger partial charge is 0.378 e. The average Bonchev–Trinajstić information content (AvgIpc) is 2.70. The van der Waals surface area contributed by atoms with Crippen molar-refractivity contribution in [1.29, 1.82) is 0 Å². The normalized spacial score (nSPS) is 22.1. The Morgan fingerprint density at radius 2 is 1.47 bits per heavy atom. The minimum Gasteiger partial charge on any atom is -0.378 e. The smallest absolute Gasteiger partial charge is 0.141 e. The summed E-state index contributed by atoms with van der Waals surface area (Å²) >= 11 is 0. The van der Waals surface area contributed by atoms with E-state index in [4.69, 9.17) is 4.74 Å². The van der Waals surface area contributed by atoms with E-state index in [-0.39, 0.29) is 16.6 Å². The van der Waals surface area contributed by atoms with E-state index in [9.17, 15) is 4.79 Å². The first kappa shape index (κ1) is 23.0. The molecule has 0 amide bonds. The number of carbonyl (C=O) groups excluding carboxylic acids is 1. The Morgan fingerprint density at radius 3 is 1.90 bits per heavy atom. The zero-order chi connectivity index (χ0) is 22.0. The Hall–Kier alpha value is -1.71. The van der Waals surface area contributed by atoms with Crippen LogP contribution in [0.4, 0.5) is 0 Å². The number of Topliss-reactive ketones (excluding diaryl/α,β-unsaturated/α-hetero) is 1. The molecule has 0 radical (unpaired) electrons. The molecule has 30 heavy (non-hydrogen) atoms. The minimum absolute atomic E-state index is 0.0544. The van der Waals surface area contributed by atoms with Crippen molar-refractivity contribution in [2.24, 2.45) is 11.3 Å². The van der Waals surface area contributed by atoms with Crippen LogP contribution in [0.25, 0.3) is 0 Å². The molecule has 0 aromatic heterocycles. The fourth-order valence-electron chi connectivity index (χ4n) is 5.48. The van der Waals surface area contributed by atoms with Gasteiger partial charge in [0.15, 0.2) is 0 Å². The number of ether oxygens (including phenoxy) is 1. The molecule has 0 unspecified atom stereocenters. The van der Waals surface area contributed by atoms with Gasteiger partial charge in [-0.1, -0.05) is 106 Å². The molecule has 3 heteroatoms. The lowest BCUT2D eigenvalue weighted by atomic mass is 9.68. The zero-order valence-corrected chi connectivity index (χ0v) is 20.6. The Kier molecular flexibility index (Phi) is 6.74. The van der Waals surface area contributed by atoms with Gasteiger partial charge in [0.05, 0.1) is 6.10 Å². The first-order valence-electron chi connectivity index (χ1n) is 11.4. The highest BCUT2D eigenvalue weighted by Crippen LogP contribution is 2.48. The van der Waals surface area contributed by atoms with Crippen LogP contribution in [0.2, 0.25) is 11.1 Å². The van der Waals surface area contributed by atoms with Gasteiger partial charge in [-0.15, -0.1) is 0 Å². The highest BCUT2D eigenvalue weighted by atomic mass is 28.3. The molecule has 162 valence electrons. The molecule has 0 bridgehead atoms. The number of hydrogen-bond donors (Lipinski definition) is 0. The minimum atomic E-state index is -2.22. The van der Waals surface area contributed by atoms with Crippen molar-refractivity contribution in [2.75, 3.05) is 6.61 Å². The molecular weight excluding hydrogens is 384 g/mol. The second kappa shape index (κ2) is 8.80. The molecule has 2 atom stereocenters. The second-order valence-corrected chi connectivity index (χ2v) is 15.3. The van der Waals surface area contributed by atoms with Gasteiger partial charge in [-0.3, -0.25) is 4.79 Å². The third-order valence-electron chi connectivity index (χ3n) is 7.47. The van der Waals surface area contributed by atoms with Crippen molar-refractivity contribution in [2.45, 2.75) is 71.6 Å². The molecule has 1 saturated carbocycles. The molecular formula is C27H38O2Si. The Labute approximate surface area is 184 Å². The fraction of sp³-hybridized carbons (Fsp3) is 0.519. The van der Waals surface area contributed by atoms with Gasteiger partial charge in [0, 0.05) is 18.4 Å². The summed E-state index contributed by atoms with van der Waals surface area (Å²) in [5.41, 5.74) is -0.319. The van der Waals surface area contributed by atoms with E-state index in [2.05, 4.69) is 95.3 Å². The van der Waals surface area contributed by atoms with E-state index in [1.807, 2.05) is 6.92 Å². The van der Waals surface area contributed by atoms with Crippen molar-refractivity contribution in [3.8, 4) is 0 Å². The van der Waals surface area contributed by atoms with Crippen molar-refractivity contribution in [1.82, 2.24) is 0 Å². The molecule has 1 fully saturated rings. The third-order valence-corrected chi connectivity index (χ3v) is 13.8. The van der Waals surface area contributed by atoms with Crippen LogP contribution in [0.15, 0.2) is 60.7 Å². The topological polar surface area (TPSA) is 26.3 Å². The third kappa shape index (κ3) is 4.20.